The van der Waals surface area contributed by atoms with Gasteiger partial charge in [-0.3, -0.25) is 9.69 Å². The summed E-state index contributed by atoms with van der Waals surface area (Å²) in [5, 5.41) is 9.01. The van der Waals surface area contributed by atoms with Gasteiger partial charge in [0.15, 0.2) is 17.0 Å². The SMILES string of the molecule is Cn1nnc2c(N3CCN(CC(=O)N4CCN(c5ccc(Cl)cc5)CC4)CC3)ncnc21. The van der Waals surface area contributed by atoms with Gasteiger partial charge in [-0.25, -0.2) is 14.6 Å². The van der Waals surface area contributed by atoms with Crippen LogP contribution in [0.1, 0.15) is 0 Å². The highest BCUT2D eigenvalue weighted by Crippen LogP contribution is 2.22. The van der Waals surface area contributed by atoms with Crippen LogP contribution in [0.25, 0.3) is 11.2 Å². The Labute approximate surface area is 191 Å². The van der Waals surface area contributed by atoms with Crippen molar-refractivity contribution in [2.24, 2.45) is 7.05 Å². The Morgan fingerprint density at radius 1 is 0.938 bits per heavy atom. The van der Waals surface area contributed by atoms with Gasteiger partial charge in [0.25, 0.3) is 0 Å². The molecule has 5 rings (SSSR count). The van der Waals surface area contributed by atoms with E-state index < -0.39 is 0 Å². The van der Waals surface area contributed by atoms with Crippen molar-refractivity contribution in [3.05, 3.63) is 35.6 Å². The molecule has 2 aliphatic heterocycles. The van der Waals surface area contributed by atoms with Gasteiger partial charge in [0.2, 0.25) is 5.91 Å². The molecule has 3 aromatic rings. The predicted molar refractivity (Wildman–Crippen MR) is 123 cm³/mol. The molecule has 2 saturated heterocycles. The maximum absolute atomic E-state index is 12.9. The van der Waals surface area contributed by atoms with Crippen LogP contribution in [-0.2, 0) is 11.8 Å². The molecule has 11 heteroatoms. The molecule has 2 aliphatic rings. The number of hydrogen-bond donors (Lipinski definition) is 0. The summed E-state index contributed by atoms with van der Waals surface area (Å²) in [5.74, 6) is 1.01. The maximum Gasteiger partial charge on any atom is 0.236 e. The first-order chi connectivity index (χ1) is 15.6. The van der Waals surface area contributed by atoms with E-state index in [1.807, 2.05) is 36.2 Å². The number of carbonyl (C=O) groups excluding carboxylic acids is 1. The monoisotopic (exact) mass is 455 g/mol. The molecule has 0 aliphatic carbocycles. The molecule has 2 aromatic heterocycles. The van der Waals surface area contributed by atoms with Crippen LogP contribution in [0.3, 0.4) is 0 Å². The lowest BCUT2D eigenvalue weighted by Gasteiger charge is -2.38. The molecule has 0 bridgehead atoms. The molecular formula is C21H26ClN9O. The molecule has 32 heavy (non-hydrogen) atoms. The summed E-state index contributed by atoms with van der Waals surface area (Å²) in [4.78, 5) is 30.3. The van der Waals surface area contributed by atoms with E-state index in [1.165, 1.54) is 0 Å². The lowest BCUT2D eigenvalue weighted by atomic mass is 10.2. The zero-order chi connectivity index (χ0) is 22.1. The van der Waals surface area contributed by atoms with Crippen molar-refractivity contribution < 1.29 is 4.79 Å². The van der Waals surface area contributed by atoms with E-state index >= 15 is 0 Å². The summed E-state index contributed by atoms with van der Waals surface area (Å²) < 4.78 is 1.65. The van der Waals surface area contributed by atoms with E-state index in [9.17, 15) is 4.79 Å². The molecule has 0 radical (unpaired) electrons. The van der Waals surface area contributed by atoms with E-state index in [0.717, 1.165) is 80.0 Å². The smallest absolute Gasteiger partial charge is 0.236 e. The van der Waals surface area contributed by atoms with Gasteiger partial charge >= 0.3 is 0 Å². The lowest BCUT2D eigenvalue weighted by molar-refractivity contribution is -0.132. The zero-order valence-corrected chi connectivity index (χ0v) is 18.8. The standard InChI is InChI=1S/C21H26ClN9O/c1-27-20-19(25-26-27)21(24-15-23-20)31-8-6-28(7-9-31)14-18(32)30-12-10-29(11-13-30)17-4-2-16(22)3-5-17/h2-5,15H,6-14H2,1H3. The summed E-state index contributed by atoms with van der Waals surface area (Å²) in [5.41, 5.74) is 2.60. The quantitative estimate of drug-likeness (QED) is 0.573. The average molecular weight is 456 g/mol. The van der Waals surface area contributed by atoms with Crippen LogP contribution in [0.5, 0.6) is 0 Å². The highest BCUT2D eigenvalue weighted by atomic mass is 35.5. The van der Waals surface area contributed by atoms with E-state index in [1.54, 1.807) is 11.0 Å². The van der Waals surface area contributed by atoms with E-state index in [-0.39, 0.29) is 5.91 Å². The third-order valence-corrected chi connectivity index (χ3v) is 6.48. The third kappa shape index (κ3) is 4.20. The highest BCUT2D eigenvalue weighted by molar-refractivity contribution is 6.30. The van der Waals surface area contributed by atoms with Gasteiger partial charge in [-0.2, -0.15) is 0 Å². The minimum absolute atomic E-state index is 0.201. The first-order valence-corrected chi connectivity index (χ1v) is 11.2. The molecule has 0 N–H and O–H groups in total. The number of carbonyl (C=O) groups is 1. The van der Waals surface area contributed by atoms with Crippen molar-refractivity contribution in [3.8, 4) is 0 Å². The Kier molecular flexibility index (Phi) is 5.79. The van der Waals surface area contributed by atoms with Crippen LogP contribution in [0, 0.1) is 0 Å². The first kappa shape index (κ1) is 20.9. The van der Waals surface area contributed by atoms with E-state index in [2.05, 4.69) is 35.0 Å². The fraction of sp³-hybridized carbons (Fsp3) is 0.476. The number of hydrogen-bond acceptors (Lipinski definition) is 8. The molecule has 0 saturated carbocycles. The molecular weight excluding hydrogens is 430 g/mol. The summed E-state index contributed by atoms with van der Waals surface area (Å²) >= 11 is 5.99. The predicted octanol–water partition coefficient (Wildman–Crippen LogP) is 0.883. The summed E-state index contributed by atoms with van der Waals surface area (Å²) in [6, 6.07) is 7.88. The van der Waals surface area contributed by atoms with Crippen molar-refractivity contribution in [3.63, 3.8) is 0 Å². The van der Waals surface area contributed by atoms with E-state index in [4.69, 9.17) is 11.6 Å². The Bertz CT molecular complexity index is 1090. The molecule has 1 aromatic carbocycles. The van der Waals surface area contributed by atoms with Gasteiger partial charge in [0.05, 0.1) is 6.54 Å². The van der Waals surface area contributed by atoms with Crippen molar-refractivity contribution in [1.82, 2.24) is 34.8 Å². The Hall–Kier alpha value is -2.98. The number of nitrogens with zero attached hydrogens (tertiary/aromatic N) is 9. The van der Waals surface area contributed by atoms with Gasteiger partial charge in [-0.15, -0.1) is 5.10 Å². The number of halogens is 1. The molecule has 0 spiro atoms. The van der Waals surface area contributed by atoms with Crippen LogP contribution < -0.4 is 9.80 Å². The number of piperazine rings is 2. The summed E-state index contributed by atoms with van der Waals surface area (Å²) in [7, 11) is 1.82. The number of anilines is 2. The minimum Gasteiger partial charge on any atom is -0.368 e. The topological polar surface area (TPSA) is 86.5 Å². The molecule has 2 fully saturated rings. The summed E-state index contributed by atoms with van der Waals surface area (Å²) in [6.07, 6.45) is 1.56. The Morgan fingerprint density at radius 3 is 2.34 bits per heavy atom. The van der Waals surface area contributed by atoms with Gasteiger partial charge in [0, 0.05) is 70.1 Å². The van der Waals surface area contributed by atoms with Crippen LogP contribution in [0.2, 0.25) is 5.02 Å². The second-order valence-corrected chi connectivity index (χ2v) is 8.63. The van der Waals surface area contributed by atoms with Crippen molar-refractivity contribution in [2.75, 3.05) is 68.7 Å². The second kappa shape index (κ2) is 8.87. The number of amides is 1. The van der Waals surface area contributed by atoms with Gasteiger partial charge in [-0.1, -0.05) is 16.8 Å². The molecule has 10 nitrogen and oxygen atoms in total. The fourth-order valence-corrected chi connectivity index (χ4v) is 4.47. The maximum atomic E-state index is 12.9. The Balaban J connectivity index is 1.12. The lowest BCUT2D eigenvalue weighted by Crippen LogP contribution is -2.54. The van der Waals surface area contributed by atoms with Crippen LogP contribution in [-0.4, -0.2) is 99.6 Å². The van der Waals surface area contributed by atoms with Gasteiger partial charge in [0.1, 0.15) is 6.33 Å². The van der Waals surface area contributed by atoms with Gasteiger partial charge in [-0.05, 0) is 24.3 Å². The minimum atomic E-state index is 0.201. The number of aromatic nitrogens is 5. The van der Waals surface area contributed by atoms with Crippen LogP contribution in [0.15, 0.2) is 30.6 Å². The number of fused-ring (bicyclic) bond motifs is 1. The van der Waals surface area contributed by atoms with Gasteiger partial charge < -0.3 is 14.7 Å². The molecule has 1 amide bonds. The fourth-order valence-electron chi connectivity index (χ4n) is 4.35. The number of benzene rings is 1. The normalized spacial score (nSPS) is 17.9. The number of aryl methyl sites for hydroxylation is 1. The molecule has 0 atom stereocenters. The van der Waals surface area contributed by atoms with Crippen LogP contribution in [0.4, 0.5) is 11.5 Å². The molecule has 4 heterocycles. The molecule has 168 valence electrons. The third-order valence-electron chi connectivity index (χ3n) is 6.22. The van der Waals surface area contributed by atoms with Crippen molar-refractivity contribution in [2.45, 2.75) is 0 Å². The van der Waals surface area contributed by atoms with Crippen molar-refractivity contribution >= 4 is 40.2 Å². The second-order valence-electron chi connectivity index (χ2n) is 8.19. The Morgan fingerprint density at radius 2 is 1.62 bits per heavy atom. The highest BCUT2D eigenvalue weighted by Gasteiger charge is 2.26. The van der Waals surface area contributed by atoms with Crippen LogP contribution >= 0.6 is 11.6 Å². The summed E-state index contributed by atoms with van der Waals surface area (Å²) in [6.45, 7) is 6.82. The largest absolute Gasteiger partial charge is 0.368 e. The van der Waals surface area contributed by atoms with Crippen molar-refractivity contribution in [1.29, 1.82) is 0 Å². The van der Waals surface area contributed by atoms with E-state index in [0.29, 0.717) is 6.54 Å². The average Bonchev–Trinajstić information content (AvgIpc) is 3.21. The first-order valence-electron chi connectivity index (χ1n) is 10.8. The zero-order valence-electron chi connectivity index (χ0n) is 18.1. The molecule has 0 unspecified atom stereocenters. The number of rotatable bonds is 4.